The summed E-state index contributed by atoms with van der Waals surface area (Å²) in [6, 6.07) is 18.3. The Morgan fingerprint density at radius 1 is 1.05 bits per heavy atom. The highest BCUT2D eigenvalue weighted by Gasteiger charge is 2.11. The second-order valence-corrected chi connectivity index (χ2v) is 5.69. The second-order valence-electron chi connectivity index (χ2n) is 5.69. The van der Waals surface area contributed by atoms with Crippen molar-refractivity contribution in [1.82, 2.24) is 5.43 Å². The van der Waals surface area contributed by atoms with E-state index in [0.717, 1.165) is 17.7 Å². The Balaban J connectivity index is 2.03. The zero-order chi connectivity index (χ0) is 15.1. The van der Waals surface area contributed by atoms with E-state index in [-0.39, 0.29) is 6.04 Å². The molecule has 3 nitrogen and oxygen atoms in total. The molecule has 0 aromatic heterocycles. The van der Waals surface area contributed by atoms with Crippen LogP contribution in [-0.4, -0.2) is 6.61 Å². The van der Waals surface area contributed by atoms with Crippen LogP contribution >= 0.6 is 0 Å². The van der Waals surface area contributed by atoms with Gasteiger partial charge < -0.3 is 4.74 Å². The molecule has 0 amide bonds. The molecule has 2 aromatic carbocycles. The van der Waals surface area contributed by atoms with Crippen molar-refractivity contribution in [2.24, 2.45) is 11.8 Å². The molecule has 2 aromatic rings. The van der Waals surface area contributed by atoms with E-state index in [2.05, 4.69) is 43.5 Å². The van der Waals surface area contributed by atoms with E-state index < -0.39 is 0 Å². The molecule has 0 aliphatic heterocycles. The van der Waals surface area contributed by atoms with Gasteiger partial charge in [0.2, 0.25) is 0 Å². The minimum absolute atomic E-state index is 0.0164. The maximum Gasteiger partial charge on any atom is 0.119 e. The summed E-state index contributed by atoms with van der Waals surface area (Å²) in [4.78, 5) is 0. The lowest BCUT2D eigenvalue weighted by molar-refractivity contribution is 0.267. The first-order chi connectivity index (χ1) is 10.2. The van der Waals surface area contributed by atoms with Gasteiger partial charge in [-0.3, -0.25) is 5.84 Å². The summed E-state index contributed by atoms with van der Waals surface area (Å²) in [6.45, 7) is 4.96. The van der Waals surface area contributed by atoms with Crippen LogP contribution in [0.25, 0.3) is 0 Å². The van der Waals surface area contributed by atoms with Crippen LogP contribution in [0.4, 0.5) is 0 Å². The summed E-state index contributed by atoms with van der Waals surface area (Å²) < 4.78 is 5.79. The third-order valence-electron chi connectivity index (χ3n) is 3.36. The first-order valence-electron chi connectivity index (χ1n) is 7.42. The van der Waals surface area contributed by atoms with Gasteiger partial charge in [-0.05, 0) is 35.6 Å². The van der Waals surface area contributed by atoms with E-state index in [1.807, 2.05) is 30.3 Å². The van der Waals surface area contributed by atoms with Crippen molar-refractivity contribution in [2.45, 2.75) is 26.3 Å². The lowest BCUT2D eigenvalue weighted by Gasteiger charge is -2.18. The van der Waals surface area contributed by atoms with E-state index in [4.69, 9.17) is 10.6 Å². The van der Waals surface area contributed by atoms with Gasteiger partial charge in [0.05, 0.1) is 6.04 Å². The van der Waals surface area contributed by atoms with Crippen LogP contribution < -0.4 is 16.0 Å². The summed E-state index contributed by atoms with van der Waals surface area (Å²) in [5, 5.41) is 0. The molecule has 1 unspecified atom stereocenters. The fraction of sp³-hybridized carbons (Fsp3) is 0.333. The molecule has 2 rings (SSSR count). The average Bonchev–Trinajstić information content (AvgIpc) is 2.49. The minimum atomic E-state index is -0.0164. The quantitative estimate of drug-likeness (QED) is 0.604. The molecule has 3 N–H and O–H groups in total. The van der Waals surface area contributed by atoms with E-state index in [9.17, 15) is 0 Å². The molecule has 0 bridgehead atoms. The normalized spacial score (nSPS) is 12.4. The zero-order valence-corrected chi connectivity index (χ0v) is 12.8. The Hall–Kier alpha value is -1.84. The lowest BCUT2D eigenvalue weighted by atomic mass is 9.98. The largest absolute Gasteiger partial charge is 0.492 e. The van der Waals surface area contributed by atoms with E-state index in [1.54, 1.807) is 0 Å². The molecule has 112 valence electrons. The highest BCUT2D eigenvalue weighted by molar-refractivity contribution is 5.27. The number of benzene rings is 2. The van der Waals surface area contributed by atoms with Crippen LogP contribution in [0, 0.1) is 5.92 Å². The number of nitrogens with one attached hydrogen (secondary N) is 1. The summed E-state index contributed by atoms with van der Waals surface area (Å²) in [7, 11) is 0. The molecule has 0 saturated heterocycles. The van der Waals surface area contributed by atoms with Crippen molar-refractivity contribution in [2.75, 3.05) is 6.61 Å². The van der Waals surface area contributed by atoms with Crippen molar-refractivity contribution >= 4 is 0 Å². The fourth-order valence-corrected chi connectivity index (χ4v) is 2.35. The highest BCUT2D eigenvalue weighted by atomic mass is 16.5. The van der Waals surface area contributed by atoms with Crippen LogP contribution in [0.3, 0.4) is 0 Å². The topological polar surface area (TPSA) is 47.3 Å². The maximum absolute atomic E-state index is 5.79. The molecular formula is C18H24N2O. The molecular weight excluding hydrogens is 260 g/mol. The van der Waals surface area contributed by atoms with Gasteiger partial charge in [0, 0.05) is 0 Å². The summed E-state index contributed by atoms with van der Waals surface area (Å²) in [5.41, 5.74) is 5.34. The number of nitrogens with two attached hydrogens (primary N) is 1. The van der Waals surface area contributed by atoms with Gasteiger partial charge in [-0.15, -0.1) is 0 Å². The molecule has 3 heteroatoms. The van der Waals surface area contributed by atoms with Crippen molar-refractivity contribution < 1.29 is 4.74 Å². The predicted molar refractivity (Wildman–Crippen MR) is 87.0 cm³/mol. The summed E-state index contributed by atoms with van der Waals surface area (Å²) >= 11 is 0. The van der Waals surface area contributed by atoms with Gasteiger partial charge in [-0.1, -0.05) is 56.3 Å². The monoisotopic (exact) mass is 284 g/mol. The van der Waals surface area contributed by atoms with E-state index in [1.165, 1.54) is 5.56 Å². The molecule has 0 aliphatic rings. The molecule has 0 radical (unpaired) electrons. The summed E-state index contributed by atoms with van der Waals surface area (Å²) in [5.74, 6) is 7.19. The van der Waals surface area contributed by atoms with Crippen LogP contribution in [0.2, 0.25) is 0 Å². The lowest BCUT2D eigenvalue weighted by Crippen LogP contribution is -2.32. The van der Waals surface area contributed by atoms with E-state index in [0.29, 0.717) is 12.5 Å². The van der Waals surface area contributed by atoms with Gasteiger partial charge in [0.25, 0.3) is 0 Å². The smallest absolute Gasteiger partial charge is 0.119 e. The average molecular weight is 284 g/mol. The van der Waals surface area contributed by atoms with Gasteiger partial charge in [-0.25, -0.2) is 5.43 Å². The first kappa shape index (κ1) is 15.5. The second kappa shape index (κ2) is 7.81. The Labute approximate surface area is 127 Å². The molecule has 0 saturated carbocycles. The van der Waals surface area contributed by atoms with Gasteiger partial charge in [0.1, 0.15) is 12.4 Å². The molecule has 1 atom stereocenters. The minimum Gasteiger partial charge on any atom is -0.492 e. The van der Waals surface area contributed by atoms with Crippen LogP contribution in [0.15, 0.2) is 54.6 Å². The van der Waals surface area contributed by atoms with Crippen LogP contribution in [-0.2, 0) is 6.42 Å². The third-order valence-corrected chi connectivity index (χ3v) is 3.36. The van der Waals surface area contributed by atoms with Gasteiger partial charge in [0.15, 0.2) is 0 Å². The van der Waals surface area contributed by atoms with Gasteiger partial charge in [-0.2, -0.15) is 0 Å². The molecule has 0 spiro atoms. The van der Waals surface area contributed by atoms with Crippen LogP contribution in [0.5, 0.6) is 5.75 Å². The standard InChI is InChI=1S/C18H24N2O/c1-14(2)11-15-7-6-8-16(12-15)18(20-19)13-21-17-9-4-3-5-10-17/h3-10,12,14,18,20H,11,13,19H2,1-2H3. The number of para-hydroxylation sites is 1. The first-order valence-corrected chi connectivity index (χ1v) is 7.42. The Kier molecular flexibility index (Phi) is 5.78. The number of hydrazine groups is 1. The molecule has 0 fully saturated rings. The van der Waals surface area contributed by atoms with Crippen molar-refractivity contribution in [3.05, 3.63) is 65.7 Å². The van der Waals surface area contributed by atoms with Crippen LogP contribution in [0.1, 0.15) is 31.0 Å². The zero-order valence-electron chi connectivity index (χ0n) is 12.8. The number of hydrogen-bond acceptors (Lipinski definition) is 3. The summed E-state index contributed by atoms with van der Waals surface area (Å²) in [6.07, 6.45) is 1.07. The van der Waals surface area contributed by atoms with Crippen molar-refractivity contribution in [3.63, 3.8) is 0 Å². The molecule has 21 heavy (non-hydrogen) atoms. The fourth-order valence-electron chi connectivity index (χ4n) is 2.35. The Morgan fingerprint density at radius 3 is 2.48 bits per heavy atom. The number of rotatable bonds is 7. The van der Waals surface area contributed by atoms with Gasteiger partial charge >= 0.3 is 0 Å². The molecule has 0 heterocycles. The third kappa shape index (κ3) is 4.88. The van der Waals surface area contributed by atoms with E-state index >= 15 is 0 Å². The Morgan fingerprint density at radius 2 is 1.81 bits per heavy atom. The van der Waals surface area contributed by atoms with Crippen molar-refractivity contribution in [1.29, 1.82) is 0 Å². The SMILES string of the molecule is CC(C)Cc1cccc(C(COc2ccccc2)NN)c1. The predicted octanol–water partition coefficient (Wildman–Crippen LogP) is 3.47. The number of hydrogen-bond donors (Lipinski definition) is 2. The number of ether oxygens (including phenoxy) is 1. The molecule has 0 aliphatic carbocycles. The highest BCUT2D eigenvalue weighted by Crippen LogP contribution is 2.18. The Bertz CT molecular complexity index is 540. The maximum atomic E-state index is 5.79. The van der Waals surface area contributed by atoms with Crippen molar-refractivity contribution in [3.8, 4) is 5.75 Å².